The van der Waals surface area contributed by atoms with E-state index in [2.05, 4.69) is 0 Å². The number of hydrogen-bond acceptors (Lipinski definition) is 2. The summed E-state index contributed by atoms with van der Waals surface area (Å²) in [5.74, 6) is 0.0848. The van der Waals surface area contributed by atoms with Crippen LogP contribution in [0.5, 0.6) is 5.75 Å². The molecule has 0 atom stereocenters. The molecule has 0 aliphatic heterocycles. The van der Waals surface area contributed by atoms with Crippen LogP contribution in [0.1, 0.15) is 12.0 Å². The number of benzene rings is 1. The van der Waals surface area contributed by atoms with Crippen LogP contribution in [0.4, 0.5) is 0 Å². The zero-order valence-electron chi connectivity index (χ0n) is 7.19. The first-order chi connectivity index (χ1) is 6.22. The van der Waals surface area contributed by atoms with Crippen molar-refractivity contribution in [1.82, 2.24) is 0 Å². The minimum absolute atomic E-state index is 0.181. The van der Waals surface area contributed by atoms with Crippen molar-refractivity contribution in [3.05, 3.63) is 29.8 Å². The molecule has 0 radical (unpaired) electrons. The molecule has 4 heteroatoms. The summed E-state index contributed by atoms with van der Waals surface area (Å²) in [4.78, 5) is 10.3. The van der Waals surface area contributed by atoms with Crippen LogP contribution in [0.15, 0.2) is 24.3 Å². The fourth-order valence-electron chi connectivity index (χ4n) is 1.00. The molecule has 0 saturated heterocycles. The minimum atomic E-state index is -0.762. The molecule has 65 valence electrons. The van der Waals surface area contributed by atoms with E-state index < -0.39 is 5.97 Å². The molecule has 13 heavy (non-hydrogen) atoms. The van der Waals surface area contributed by atoms with Gasteiger partial charge in [-0.2, -0.15) is 0 Å². The quantitative estimate of drug-likeness (QED) is 0.799. The van der Waals surface area contributed by atoms with Gasteiger partial charge in [0.05, 0.1) is 0 Å². The van der Waals surface area contributed by atoms with Crippen LogP contribution in [0.3, 0.4) is 0 Å². The molecule has 1 aromatic rings. The van der Waals surface area contributed by atoms with E-state index in [-0.39, 0.29) is 6.42 Å². The SMILES string of the molecule is O=C(O)CCc1ccc([O][Zn])cc1. The molecule has 0 aliphatic rings. The average Bonchev–Trinajstić information content (AvgIpc) is 2.15. The number of aliphatic carboxylic acids is 1. The summed E-state index contributed by atoms with van der Waals surface area (Å²) in [6, 6.07) is 7.52. The zero-order valence-corrected chi connectivity index (χ0v) is 10.2. The van der Waals surface area contributed by atoms with Crippen LogP contribution in [0.2, 0.25) is 0 Å². The van der Waals surface area contributed by atoms with E-state index >= 15 is 0 Å². The monoisotopic (exact) mass is 229 g/mol. The molecule has 0 heterocycles. The Morgan fingerprint density at radius 3 is 2.46 bits per heavy atom. The van der Waals surface area contributed by atoms with E-state index in [0.717, 1.165) is 30.0 Å². The number of rotatable bonds is 4. The maximum absolute atomic E-state index is 10.3. The number of carboxylic acid groups (broad SMARTS) is 1. The van der Waals surface area contributed by atoms with E-state index in [4.69, 9.17) is 8.67 Å². The van der Waals surface area contributed by atoms with Crippen molar-refractivity contribution in [1.29, 1.82) is 0 Å². The molecule has 0 saturated carbocycles. The first-order valence-electron chi connectivity index (χ1n) is 3.95. The van der Waals surface area contributed by atoms with E-state index in [1.807, 2.05) is 24.3 Å². The summed E-state index contributed by atoms with van der Waals surface area (Å²) < 4.78 is 5.10. The molecule has 0 aliphatic carbocycles. The number of aryl methyl sites for hydroxylation is 1. The predicted octanol–water partition coefficient (Wildman–Crippen LogP) is 1.54. The van der Waals surface area contributed by atoms with Crippen molar-refractivity contribution >= 4 is 5.97 Å². The molecule has 1 N–H and O–H groups in total. The van der Waals surface area contributed by atoms with Crippen molar-refractivity contribution < 1.29 is 32.1 Å². The van der Waals surface area contributed by atoms with Crippen LogP contribution in [-0.2, 0) is 29.9 Å². The van der Waals surface area contributed by atoms with Crippen molar-refractivity contribution in [3.63, 3.8) is 0 Å². The Morgan fingerprint density at radius 1 is 1.38 bits per heavy atom. The summed E-state index contributed by atoms with van der Waals surface area (Å²) in [7, 11) is 0. The molecule has 0 fully saturated rings. The summed E-state index contributed by atoms with van der Waals surface area (Å²) >= 11 is 0.772. The third kappa shape index (κ3) is 3.55. The molecule has 1 aromatic carbocycles. The molecular weight excluding hydrogens is 221 g/mol. The Balaban J connectivity index is 2.54. The summed E-state index contributed by atoms with van der Waals surface area (Å²) in [5.41, 5.74) is 1.03. The van der Waals surface area contributed by atoms with E-state index in [1.54, 1.807) is 0 Å². The second-order valence-corrected chi connectivity index (χ2v) is 3.29. The van der Waals surface area contributed by atoms with E-state index in [1.165, 1.54) is 0 Å². The number of carboxylic acids is 1. The van der Waals surface area contributed by atoms with Crippen molar-refractivity contribution in [3.8, 4) is 5.75 Å². The number of hydrogen-bond donors (Lipinski definition) is 1. The Bertz CT molecular complexity index is 281. The summed E-state index contributed by atoms with van der Waals surface area (Å²) in [6.45, 7) is 0. The Morgan fingerprint density at radius 2 is 2.00 bits per heavy atom. The van der Waals surface area contributed by atoms with Gasteiger partial charge in [0.25, 0.3) is 0 Å². The van der Waals surface area contributed by atoms with Crippen molar-refractivity contribution in [2.45, 2.75) is 12.8 Å². The molecule has 0 unspecified atom stereocenters. The molecule has 1 rings (SSSR count). The van der Waals surface area contributed by atoms with Crippen molar-refractivity contribution in [2.75, 3.05) is 0 Å². The van der Waals surface area contributed by atoms with E-state index in [0.29, 0.717) is 6.42 Å². The molecule has 0 amide bonds. The van der Waals surface area contributed by atoms with Crippen molar-refractivity contribution in [2.24, 2.45) is 0 Å². The third-order valence-electron chi connectivity index (χ3n) is 1.72. The molecule has 0 spiro atoms. The van der Waals surface area contributed by atoms with Crippen LogP contribution in [0.25, 0.3) is 0 Å². The van der Waals surface area contributed by atoms with Gasteiger partial charge in [-0.15, -0.1) is 0 Å². The van der Waals surface area contributed by atoms with Crippen LogP contribution >= 0.6 is 0 Å². The van der Waals surface area contributed by atoms with E-state index in [9.17, 15) is 4.79 Å². The van der Waals surface area contributed by atoms with Gasteiger partial charge in [0.2, 0.25) is 0 Å². The number of carbonyl (C=O) groups is 1. The fourth-order valence-corrected chi connectivity index (χ4v) is 1.41. The van der Waals surface area contributed by atoms with Crippen LogP contribution in [-0.4, -0.2) is 11.1 Å². The standard InChI is InChI=1S/C9H10O3.Zn/c10-8-4-1-7(2-5-8)3-6-9(11)12;/h1-2,4-5,10H,3,6H2,(H,11,12);/q;+1/p-1. The maximum atomic E-state index is 10.3. The molecule has 0 aromatic heterocycles. The second-order valence-electron chi connectivity index (χ2n) is 2.68. The third-order valence-corrected chi connectivity index (χ3v) is 2.42. The van der Waals surface area contributed by atoms with Crippen LogP contribution in [0, 0.1) is 0 Å². The normalized spacial score (nSPS) is 9.69. The Kier molecular flexibility index (Phi) is 3.90. The van der Waals surface area contributed by atoms with Crippen LogP contribution < -0.4 is 3.56 Å². The van der Waals surface area contributed by atoms with Gasteiger partial charge in [-0.3, -0.25) is 0 Å². The molecular formula is C9H9O3Zn. The van der Waals surface area contributed by atoms with Gasteiger partial charge in [-0.25, -0.2) is 0 Å². The van der Waals surface area contributed by atoms with Gasteiger partial charge in [0.1, 0.15) is 0 Å². The van der Waals surface area contributed by atoms with Gasteiger partial charge in [-0.1, -0.05) is 0 Å². The van der Waals surface area contributed by atoms with Gasteiger partial charge in [-0.05, 0) is 0 Å². The molecule has 0 bridgehead atoms. The Hall–Kier alpha value is -0.887. The second kappa shape index (κ2) is 4.98. The fraction of sp³-hybridized carbons (Fsp3) is 0.222. The van der Waals surface area contributed by atoms with Gasteiger partial charge in [0, 0.05) is 0 Å². The summed E-state index contributed by atoms with van der Waals surface area (Å²) in [6.07, 6.45) is 0.760. The first-order valence-corrected chi connectivity index (χ1v) is 5.16. The summed E-state index contributed by atoms with van der Waals surface area (Å²) in [5, 5.41) is 8.46. The zero-order chi connectivity index (χ0) is 9.68. The molecule has 3 nitrogen and oxygen atoms in total. The first kappa shape index (κ1) is 10.2. The van der Waals surface area contributed by atoms with Gasteiger partial charge >= 0.3 is 86.5 Å². The predicted molar refractivity (Wildman–Crippen MR) is 43.0 cm³/mol. The van der Waals surface area contributed by atoms with Gasteiger partial charge < -0.3 is 0 Å². The van der Waals surface area contributed by atoms with Gasteiger partial charge in [0.15, 0.2) is 0 Å². The average molecular weight is 231 g/mol. The Labute approximate surface area is 86.8 Å². The topological polar surface area (TPSA) is 46.5 Å².